The fourth-order valence-electron chi connectivity index (χ4n) is 2.01. The normalized spacial score (nSPS) is 10.8. The first kappa shape index (κ1) is 13.9. The van der Waals surface area contributed by atoms with Gasteiger partial charge in [0.2, 0.25) is 0 Å². The molecule has 1 aromatic heterocycles. The Morgan fingerprint density at radius 2 is 1.81 bits per heavy atom. The molecule has 2 N–H and O–H groups in total. The van der Waals surface area contributed by atoms with Gasteiger partial charge in [0, 0.05) is 23.1 Å². The van der Waals surface area contributed by atoms with E-state index < -0.39 is 11.6 Å². The van der Waals surface area contributed by atoms with E-state index in [9.17, 15) is 8.78 Å². The van der Waals surface area contributed by atoms with Crippen LogP contribution in [0.5, 0.6) is 0 Å². The van der Waals surface area contributed by atoms with E-state index in [1.54, 1.807) is 5.38 Å². The maximum atomic E-state index is 13.7. The second-order valence-electron chi connectivity index (χ2n) is 4.56. The highest BCUT2D eigenvalue weighted by Crippen LogP contribution is 2.30. The Bertz CT molecular complexity index is 766. The van der Waals surface area contributed by atoms with Crippen LogP contribution in [0.2, 0.25) is 0 Å². The van der Waals surface area contributed by atoms with Crippen LogP contribution in [0.3, 0.4) is 0 Å². The lowest BCUT2D eigenvalue weighted by atomic mass is 10.1. The zero-order valence-corrected chi connectivity index (χ0v) is 11.8. The molecule has 0 aliphatic heterocycles. The van der Waals surface area contributed by atoms with Crippen molar-refractivity contribution in [2.75, 3.05) is 0 Å². The maximum Gasteiger partial charge on any atom is 0.132 e. The number of nitrogens with zero attached hydrogens (tertiary/aromatic N) is 1. The molecular formula is C16H12F2N2S. The van der Waals surface area contributed by atoms with Crippen LogP contribution in [-0.4, -0.2) is 4.98 Å². The first-order valence-electron chi connectivity index (χ1n) is 6.37. The van der Waals surface area contributed by atoms with Crippen LogP contribution in [0.25, 0.3) is 21.8 Å². The predicted octanol–water partition coefficient (Wildman–Crippen LogP) is 4.21. The van der Waals surface area contributed by atoms with Gasteiger partial charge in [0.25, 0.3) is 0 Å². The molecule has 3 aromatic rings. The molecule has 0 saturated carbocycles. The third-order valence-electron chi connectivity index (χ3n) is 3.15. The van der Waals surface area contributed by atoms with Crippen molar-refractivity contribution in [1.29, 1.82) is 0 Å². The summed E-state index contributed by atoms with van der Waals surface area (Å²) in [6, 6.07) is 11.1. The molecule has 21 heavy (non-hydrogen) atoms. The molecule has 0 spiro atoms. The Kier molecular flexibility index (Phi) is 3.77. The molecule has 0 bridgehead atoms. The highest BCUT2D eigenvalue weighted by molar-refractivity contribution is 7.13. The zero-order valence-electron chi connectivity index (χ0n) is 11.0. The minimum atomic E-state index is -0.480. The van der Waals surface area contributed by atoms with Crippen LogP contribution in [0.4, 0.5) is 8.78 Å². The van der Waals surface area contributed by atoms with E-state index in [2.05, 4.69) is 4.98 Å². The summed E-state index contributed by atoms with van der Waals surface area (Å²) in [4.78, 5) is 4.39. The molecule has 0 aliphatic carbocycles. The minimum Gasteiger partial charge on any atom is -0.326 e. The van der Waals surface area contributed by atoms with Gasteiger partial charge in [-0.3, -0.25) is 0 Å². The Hall–Kier alpha value is -2.11. The lowest BCUT2D eigenvalue weighted by molar-refractivity contribution is 0.603. The molecular weight excluding hydrogens is 290 g/mol. The summed E-state index contributed by atoms with van der Waals surface area (Å²) < 4.78 is 27.0. The van der Waals surface area contributed by atoms with Crippen molar-refractivity contribution in [2.24, 2.45) is 5.73 Å². The van der Waals surface area contributed by atoms with Gasteiger partial charge in [-0.25, -0.2) is 13.8 Å². The molecule has 3 rings (SSSR count). The highest BCUT2D eigenvalue weighted by atomic mass is 32.1. The fraction of sp³-hybridized carbons (Fsp3) is 0.0625. The van der Waals surface area contributed by atoms with Crippen molar-refractivity contribution in [2.45, 2.75) is 6.54 Å². The van der Waals surface area contributed by atoms with Crippen molar-refractivity contribution in [3.63, 3.8) is 0 Å². The molecule has 2 aromatic carbocycles. The second-order valence-corrected chi connectivity index (χ2v) is 5.42. The first-order valence-corrected chi connectivity index (χ1v) is 7.25. The average molecular weight is 302 g/mol. The van der Waals surface area contributed by atoms with Crippen LogP contribution in [0, 0.1) is 11.6 Å². The quantitative estimate of drug-likeness (QED) is 0.787. The first-order chi connectivity index (χ1) is 10.2. The number of benzene rings is 2. The van der Waals surface area contributed by atoms with E-state index in [0.717, 1.165) is 34.3 Å². The topological polar surface area (TPSA) is 38.9 Å². The number of hydrogen-bond acceptors (Lipinski definition) is 3. The van der Waals surface area contributed by atoms with E-state index in [1.165, 1.54) is 11.3 Å². The number of nitrogens with two attached hydrogens (primary N) is 1. The summed E-state index contributed by atoms with van der Waals surface area (Å²) in [5.74, 6) is -0.958. The molecule has 0 radical (unpaired) electrons. The van der Waals surface area contributed by atoms with Crippen molar-refractivity contribution in [3.05, 3.63) is 65.0 Å². The Morgan fingerprint density at radius 3 is 2.52 bits per heavy atom. The number of rotatable bonds is 3. The standard InChI is InChI=1S/C16H12F2N2S/c17-12-5-6-14(18)13(7-12)15-9-21-16(20-15)11-3-1-10(8-19)2-4-11/h1-7,9H,8,19H2. The average Bonchev–Trinajstić information content (AvgIpc) is 2.99. The van der Waals surface area contributed by atoms with E-state index >= 15 is 0 Å². The maximum absolute atomic E-state index is 13.7. The SMILES string of the molecule is NCc1ccc(-c2nc(-c3cc(F)ccc3F)cs2)cc1. The van der Waals surface area contributed by atoms with E-state index in [0.29, 0.717) is 12.2 Å². The van der Waals surface area contributed by atoms with Crippen molar-refractivity contribution in [1.82, 2.24) is 4.98 Å². The number of hydrogen-bond donors (Lipinski definition) is 1. The molecule has 0 unspecified atom stereocenters. The lowest BCUT2D eigenvalue weighted by Gasteiger charge is -2.00. The van der Waals surface area contributed by atoms with E-state index in [-0.39, 0.29) is 5.56 Å². The van der Waals surface area contributed by atoms with Gasteiger partial charge >= 0.3 is 0 Å². The summed E-state index contributed by atoms with van der Waals surface area (Å²) in [7, 11) is 0. The van der Waals surface area contributed by atoms with Gasteiger partial charge in [0.05, 0.1) is 5.69 Å². The largest absolute Gasteiger partial charge is 0.326 e. The summed E-state index contributed by atoms with van der Waals surface area (Å²) in [6.07, 6.45) is 0. The molecule has 0 amide bonds. The fourth-order valence-corrected chi connectivity index (χ4v) is 2.83. The van der Waals surface area contributed by atoms with Gasteiger partial charge in [-0.05, 0) is 23.8 Å². The van der Waals surface area contributed by atoms with Gasteiger partial charge in [0.1, 0.15) is 16.6 Å². The number of thiazole rings is 1. The Morgan fingerprint density at radius 1 is 1.05 bits per heavy atom. The van der Waals surface area contributed by atoms with Crippen molar-refractivity contribution >= 4 is 11.3 Å². The molecule has 0 aliphatic rings. The lowest BCUT2D eigenvalue weighted by Crippen LogP contribution is -1.95. The second kappa shape index (κ2) is 5.71. The number of halogens is 2. The minimum absolute atomic E-state index is 0.177. The Labute approximate surface area is 124 Å². The molecule has 0 fully saturated rings. The van der Waals surface area contributed by atoms with Gasteiger partial charge in [-0.15, -0.1) is 11.3 Å². The molecule has 2 nitrogen and oxygen atoms in total. The van der Waals surface area contributed by atoms with Gasteiger partial charge in [-0.1, -0.05) is 24.3 Å². The summed E-state index contributed by atoms with van der Waals surface area (Å²) >= 11 is 1.39. The van der Waals surface area contributed by atoms with E-state index in [4.69, 9.17) is 5.73 Å². The molecule has 0 atom stereocenters. The summed E-state index contributed by atoms with van der Waals surface area (Å²) in [5.41, 5.74) is 8.14. The number of aromatic nitrogens is 1. The molecule has 5 heteroatoms. The summed E-state index contributed by atoms with van der Waals surface area (Å²) in [5, 5.41) is 2.49. The van der Waals surface area contributed by atoms with Gasteiger partial charge in [0.15, 0.2) is 0 Å². The molecule has 1 heterocycles. The summed E-state index contributed by atoms with van der Waals surface area (Å²) in [6.45, 7) is 0.484. The third kappa shape index (κ3) is 2.84. The zero-order chi connectivity index (χ0) is 14.8. The Balaban J connectivity index is 1.97. The molecule has 0 saturated heterocycles. The van der Waals surface area contributed by atoms with Crippen LogP contribution < -0.4 is 5.73 Å². The van der Waals surface area contributed by atoms with Crippen molar-refractivity contribution < 1.29 is 8.78 Å². The highest BCUT2D eigenvalue weighted by Gasteiger charge is 2.11. The van der Waals surface area contributed by atoms with Crippen LogP contribution in [-0.2, 0) is 6.54 Å². The smallest absolute Gasteiger partial charge is 0.132 e. The third-order valence-corrected chi connectivity index (χ3v) is 4.04. The van der Waals surface area contributed by atoms with Gasteiger partial charge < -0.3 is 5.73 Å². The van der Waals surface area contributed by atoms with Crippen LogP contribution in [0.15, 0.2) is 47.8 Å². The van der Waals surface area contributed by atoms with Crippen molar-refractivity contribution in [3.8, 4) is 21.8 Å². The molecule has 106 valence electrons. The predicted molar refractivity (Wildman–Crippen MR) is 80.8 cm³/mol. The van der Waals surface area contributed by atoms with Crippen LogP contribution in [0.1, 0.15) is 5.56 Å². The van der Waals surface area contributed by atoms with Gasteiger partial charge in [-0.2, -0.15) is 0 Å². The monoisotopic (exact) mass is 302 g/mol. The van der Waals surface area contributed by atoms with E-state index in [1.807, 2.05) is 24.3 Å². The van der Waals surface area contributed by atoms with Crippen LogP contribution >= 0.6 is 11.3 Å².